The SMILES string of the molecule is CC(C)(C)NCCC(=O)Nc1c(Cl)cc(Cl)c2nsnc12. The van der Waals surface area contributed by atoms with Gasteiger partial charge >= 0.3 is 0 Å². The van der Waals surface area contributed by atoms with E-state index in [-0.39, 0.29) is 11.4 Å². The molecule has 0 aliphatic carbocycles. The standard InChI is InChI=1S/C13H16Cl2N4OS/c1-13(2,3)16-5-4-9(20)17-10-7(14)6-8(15)11-12(10)19-21-18-11/h6,16H,4-5H2,1-3H3,(H,17,20). The van der Waals surface area contributed by atoms with Gasteiger partial charge in [-0.25, -0.2) is 0 Å². The summed E-state index contributed by atoms with van der Waals surface area (Å²) < 4.78 is 8.24. The Balaban J connectivity index is 2.09. The van der Waals surface area contributed by atoms with E-state index in [9.17, 15) is 4.79 Å². The molecular formula is C13H16Cl2N4OS. The molecule has 8 heteroatoms. The summed E-state index contributed by atoms with van der Waals surface area (Å²) in [6.45, 7) is 6.72. The minimum Gasteiger partial charge on any atom is -0.323 e. The number of carbonyl (C=O) groups excluding carboxylic acids is 1. The fourth-order valence-corrected chi connectivity index (χ4v) is 2.91. The van der Waals surface area contributed by atoms with E-state index >= 15 is 0 Å². The number of benzene rings is 1. The lowest BCUT2D eigenvalue weighted by Crippen LogP contribution is -2.37. The van der Waals surface area contributed by atoms with Gasteiger partial charge in [0.1, 0.15) is 11.0 Å². The highest BCUT2D eigenvalue weighted by atomic mass is 35.5. The van der Waals surface area contributed by atoms with E-state index in [0.29, 0.717) is 39.7 Å². The van der Waals surface area contributed by atoms with Crippen molar-refractivity contribution in [2.24, 2.45) is 0 Å². The number of anilines is 1. The number of nitrogens with one attached hydrogen (secondary N) is 2. The largest absolute Gasteiger partial charge is 0.323 e. The van der Waals surface area contributed by atoms with Gasteiger partial charge in [-0.05, 0) is 26.8 Å². The van der Waals surface area contributed by atoms with Crippen molar-refractivity contribution in [2.75, 3.05) is 11.9 Å². The van der Waals surface area contributed by atoms with Crippen LogP contribution in [0.3, 0.4) is 0 Å². The van der Waals surface area contributed by atoms with Crippen LogP contribution >= 0.6 is 34.9 Å². The maximum Gasteiger partial charge on any atom is 0.225 e. The first-order chi connectivity index (χ1) is 9.78. The molecule has 2 rings (SSSR count). The Morgan fingerprint density at radius 1 is 1.24 bits per heavy atom. The second-order valence-corrected chi connectivity index (χ2v) is 6.99. The predicted molar refractivity (Wildman–Crippen MR) is 88.4 cm³/mol. The normalized spacial score (nSPS) is 11.9. The summed E-state index contributed by atoms with van der Waals surface area (Å²) in [6, 6.07) is 1.57. The van der Waals surface area contributed by atoms with E-state index < -0.39 is 0 Å². The highest BCUT2D eigenvalue weighted by Gasteiger charge is 2.16. The third-order valence-electron chi connectivity index (χ3n) is 2.72. The summed E-state index contributed by atoms with van der Waals surface area (Å²) in [6.07, 6.45) is 0.343. The average molecular weight is 347 g/mol. The van der Waals surface area contributed by atoms with Gasteiger partial charge < -0.3 is 10.6 Å². The Morgan fingerprint density at radius 2 is 1.90 bits per heavy atom. The van der Waals surface area contributed by atoms with Gasteiger partial charge in [-0.1, -0.05) is 23.2 Å². The topological polar surface area (TPSA) is 66.9 Å². The Labute approximate surface area is 137 Å². The van der Waals surface area contributed by atoms with Crippen molar-refractivity contribution in [1.82, 2.24) is 14.1 Å². The van der Waals surface area contributed by atoms with Crippen LogP contribution in [-0.2, 0) is 4.79 Å². The summed E-state index contributed by atoms with van der Waals surface area (Å²) >= 11 is 13.2. The lowest BCUT2D eigenvalue weighted by molar-refractivity contribution is -0.116. The van der Waals surface area contributed by atoms with E-state index in [0.717, 1.165) is 11.7 Å². The molecule has 1 aromatic carbocycles. The average Bonchev–Trinajstić information content (AvgIpc) is 2.82. The number of nitrogens with zero attached hydrogens (tertiary/aromatic N) is 2. The maximum atomic E-state index is 12.0. The lowest BCUT2D eigenvalue weighted by Gasteiger charge is -2.20. The summed E-state index contributed by atoms with van der Waals surface area (Å²) in [5.74, 6) is -0.134. The van der Waals surface area contributed by atoms with Gasteiger partial charge in [-0.3, -0.25) is 4.79 Å². The van der Waals surface area contributed by atoms with Crippen LogP contribution in [0, 0.1) is 0 Å². The quantitative estimate of drug-likeness (QED) is 0.885. The minimum atomic E-state index is -0.134. The zero-order valence-electron chi connectivity index (χ0n) is 12.0. The smallest absolute Gasteiger partial charge is 0.225 e. The monoisotopic (exact) mass is 346 g/mol. The number of fused-ring (bicyclic) bond motifs is 1. The molecule has 1 aromatic heterocycles. The number of hydrogen-bond acceptors (Lipinski definition) is 5. The highest BCUT2D eigenvalue weighted by molar-refractivity contribution is 7.00. The molecule has 0 aliphatic heterocycles. The van der Waals surface area contributed by atoms with Crippen LogP contribution in [0.2, 0.25) is 10.0 Å². The number of carbonyl (C=O) groups is 1. The molecule has 2 aromatic rings. The molecule has 0 atom stereocenters. The molecule has 1 heterocycles. The van der Waals surface area contributed by atoms with Crippen LogP contribution in [0.4, 0.5) is 5.69 Å². The number of halogens is 2. The number of rotatable bonds is 4. The van der Waals surface area contributed by atoms with Crippen LogP contribution in [0.5, 0.6) is 0 Å². The molecule has 5 nitrogen and oxygen atoms in total. The van der Waals surface area contributed by atoms with E-state index in [1.165, 1.54) is 0 Å². The number of aromatic nitrogens is 2. The van der Waals surface area contributed by atoms with Crippen LogP contribution in [0.15, 0.2) is 6.07 Å². The summed E-state index contributed by atoms with van der Waals surface area (Å²) in [4.78, 5) is 12.0. The number of hydrogen-bond donors (Lipinski definition) is 2. The van der Waals surface area contributed by atoms with Crippen molar-refractivity contribution >= 4 is 57.6 Å². The van der Waals surface area contributed by atoms with Crippen molar-refractivity contribution in [3.63, 3.8) is 0 Å². The zero-order chi connectivity index (χ0) is 15.6. The fourth-order valence-electron chi connectivity index (χ4n) is 1.75. The molecule has 1 amide bonds. The molecule has 2 N–H and O–H groups in total. The van der Waals surface area contributed by atoms with Gasteiger partial charge in [0, 0.05) is 18.5 Å². The summed E-state index contributed by atoms with van der Waals surface area (Å²) in [7, 11) is 0. The zero-order valence-corrected chi connectivity index (χ0v) is 14.3. The lowest BCUT2D eigenvalue weighted by atomic mass is 10.1. The highest BCUT2D eigenvalue weighted by Crippen LogP contribution is 2.35. The van der Waals surface area contributed by atoms with Crippen molar-refractivity contribution in [1.29, 1.82) is 0 Å². The molecular weight excluding hydrogens is 331 g/mol. The van der Waals surface area contributed by atoms with Crippen molar-refractivity contribution < 1.29 is 4.79 Å². The van der Waals surface area contributed by atoms with E-state index in [2.05, 4.69) is 19.4 Å². The van der Waals surface area contributed by atoms with Gasteiger partial charge in [0.2, 0.25) is 5.91 Å². The Hall–Kier alpha value is -0.950. The molecule has 0 saturated carbocycles. The Bertz CT molecular complexity index is 666. The van der Waals surface area contributed by atoms with E-state index in [1.807, 2.05) is 20.8 Å². The van der Waals surface area contributed by atoms with Gasteiger partial charge in [0.15, 0.2) is 0 Å². The molecule has 0 spiro atoms. The first-order valence-electron chi connectivity index (χ1n) is 6.43. The van der Waals surface area contributed by atoms with Crippen LogP contribution < -0.4 is 10.6 Å². The molecule has 0 radical (unpaired) electrons. The van der Waals surface area contributed by atoms with Crippen LogP contribution in [-0.4, -0.2) is 26.7 Å². The number of amides is 1. The minimum absolute atomic E-state index is 0.0235. The van der Waals surface area contributed by atoms with E-state index in [1.54, 1.807) is 6.07 Å². The molecule has 0 saturated heterocycles. The first kappa shape index (κ1) is 16.4. The predicted octanol–water partition coefficient (Wildman–Crippen LogP) is 3.71. The molecule has 0 unspecified atom stereocenters. The summed E-state index contributed by atoms with van der Waals surface area (Å²) in [5, 5.41) is 6.83. The molecule has 21 heavy (non-hydrogen) atoms. The van der Waals surface area contributed by atoms with E-state index in [4.69, 9.17) is 23.2 Å². The van der Waals surface area contributed by atoms with Crippen LogP contribution in [0.1, 0.15) is 27.2 Å². The molecule has 0 bridgehead atoms. The van der Waals surface area contributed by atoms with Gasteiger partial charge in [-0.2, -0.15) is 8.75 Å². The van der Waals surface area contributed by atoms with Gasteiger partial charge in [0.05, 0.1) is 27.5 Å². The van der Waals surface area contributed by atoms with Crippen LogP contribution in [0.25, 0.3) is 11.0 Å². The van der Waals surface area contributed by atoms with Gasteiger partial charge in [-0.15, -0.1) is 0 Å². The Morgan fingerprint density at radius 3 is 2.57 bits per heavy atom. The third kappa shape index (κ3) is 4.26. The van der Waals surface area contributed by atoms with Crippen molar-refractivity contribution in [3.05, 3.63) is 16.1 Å². The second kappa shape index (κ2) is 6.44. The summed E-state index contributed by atoms with van der Waals surface area (Å²) in [5.41, 5.74) is 1.51. The fraction of sp³-hybridized carbons (Fsp3) is 0.462. The van der Waals surface area contributed by atoms with Gasteiger partial charge in [0.25, 0.3) is 0 Å². The maximum absolute atomic E-state index is 12.0. The first-order valence-corrected chi connectivity index (χ1v) is 7.92. The third-order valence-corrected chi connectivity index (χ3v) is 3.83. The molecule has 0 fully saturated rings. The van der Waals surface area contributed by atoms with Crippen molar-refractivity contribution in [3.8, 4) is 0 Å². The second-order valence-electron chi connectivity index (χ2n) is 5.65. The molecule has 114 valence electrons. The van der Waals surface area contributed by atoms with Crippen molar-refractivity contribution in [2.45, 2.75) is 32.7 Å². The Kier molecular flexibility index (Phi) is 5.03. The molecule has 0 aliphatic rings.